The zero-order valence-corrected chi connectivity index (χ0v) is 14.3. The number of benzene rings is 1. The Morgan fingerprint density at radius 1 is 1.21 bits per heavy atom. The van der Waals surface area contributed by atoms with Crippen molar-refractivity contribution in [2.24, 2.45) is 5.92 Å². The molecule has 0 spiro atoms. The molecule has 1 heterocycles. The minimum atomic E-state index is -0.526. The van der Waals surface area contributed by atoms with E-state index < -0.39 is 6.10 Å². The Balaban J connectivity index is 1.80. The summed E-state index contributed by atoms with van der Waals surface area (Å²) < 4.78 is 1.77. The minimum absolute atomic E-state index is 0.204. The molecule has 2 amide bonds. The van der Waals surface area contributed by atoms with Crippen LogP contribution in [0.4, 0.5) is 10.6 Å². The summed E-state index contributed by atoms with van der Waals surface area (Å²) in [6, 6.07) is 11.4. The normalized spacial score (nSPS) is 12.2. The van der Waals surface area contributed by atoms with Crippen LogP contribution in [-0.2, 0) is 6.54 Å². The molecule has 0 saturated carbocycles. The van der Waals surface area contributed by atoms with Gasteiger partial charge in [0, 0.05) is 18.8 Å². The molecule has 24 heavy (non-hydrogen) atoms. The third-order valence-electron chi connectivity index (χ3n) is 4.13. The summed E-state index contributed by atoms with van der Waals surface area (Å²) in [5, 5.41) is 19.7. The van der Waals surface area contributed by atoms with E-state index in [1.807, 2.05) is 50.4 Å². The maximum absolute atomic E-state index is 11.9. The van der Waals surface area contributed by atoms with Gasteiger partial charge in [0.25, 0.3) is 0 Å². The molecule has 0 saturated heterocycles. The largest absolute Gasteiger partial charge is 0.391 e. The number of nitrogens with one attached hydrogen (secondary N) is 2. The first-order valence-electron chi connectivity index (χ1n) is 8.42. The first-order valence-corrected chi connectivity index (χ1v) is 8.42. The van der Waals surface area contributed by atoms with Crippen molar-refractivity contribution in [2.75, 3.05) is 11.9 Å². The fraction of sp³-hybridized carbons (Fsp3) is 0.444. The second-order valence-electron chi connectivity index (χ2n) is 5.86. The summed E-state index contributed by atoms with van der Waals surface area (Å²) >= 11 is 0. The second-order valence-corrected chi connectivity index (χ2v) is 5.86. The molecule has 1 atom stereocenters. The number of rotatable bonds is 8. The Labute approximate surface area is 142 Å². The number of hydrogen-bond donors (Lipinski definition) is 3. The van der Waals surface area contributed by atoms with Gasteiger partial charge in [-0.1, -0.05) is 57.0 Å². The average Bonchev–Trinajstić information content (AvgIpc) is 3.02. The van der Waals surface area contributed by atoms with Crippen molar-refractivity contribution in [3.63, 3.8) is 0 Å². The van der Waals surface area contributed by atoms with E-state index in [0.717, 1.165) is 18.4 Å². The molecule has 1 aromatic heterocycles. The molecule has 1 unspecified atom stereocenters. The number of urea groups is 1. The molecule has 0 aliphatic rings. The summed E-state index contributed by atoms with van der Waals surface area (Å²) in [5.41, 5.74) is 1.14. The van der Waals surface area contributed by atoms with Crippen LogP contribution < -0.4 is 10.6 Å². The van der Waals surface area contributed by atoms with Gasteiger partial charge in [-0.3, -0.25) is 10.00 Å². The lowest BCUT2D eigenvalue weighted by Crippen LogP contribution is -2.38. The smallest absolute Gasteiger partial charge is 0.320 e. The van der Waals surface area contributed by atoms with Crippen LogP contribution in [0.15, 0.2) is 42.6 Å². The van der Waals surface area contributed by atoms with E-state index in [2.05, 4.69) is 15.7 Å². The molecule has 0 radical (unpaired) electrons. The molecule has 0 bridgehead atoms. The monoisotopic (exact) mass is 330 g/mol. The van der Waals surface area contributed by atoms with Gasteiger partial charge in [-0.25, -0.2) is 4.79 Å². The van der Waals surface area contributed by atoms with E-state index in [9.17, 15) is 9.90 Å². The zero-order chi connectivity index (χ0) is 17.4. The molecular formula is C18H26N4O2. The highest BCUT2D eigenvalue weighted by atomic mass is 16.3. The highest BCUT2D eigenvalue weighted by molar-refractivity contribution is 5.88. The van der Waals surface area contributed by atoms with Gasteiger partial charge in [-0.15, -0.1) is 0 Å². The Bertz CT molecular complexity index is 623. The van der Waals surface area contributed by atoms with Crippen molar-refractivity contribution in [2.45, 2.75) is 39.3 Å². The number of aromatic nitrogens is 2. The highest BCUT2D eigenvalue weighted by Crippen LogP contribution is 2.12. The van der Waals surface area contributed by atoms with Crippen LogP contribution in [0.25, 0.3) is 0 Å². The van der Waals surface area contributed by atoms with Crippen LogP contribution in [0.5, 0.6) is 0 Å². The number of amides is 2. The minimum Gasteiger partial charge on any atom is -0.391 e. The van der Waals surface area contributed by atoms with Crippen molar-refractivity contribution >= 4 is 11.8 Å². The molecule has 2 aromatic rings. The van der Waals surface area contributed by atoms with Crippen molar-refractivity contribution in [3.05, 3.63) is 48.2 Å². The summed E-state index contributed by atoms with van der Waals surface area (Å²) in [4.78, 5) is 11.9. The number of carbonyl (C=O) groups is 1. The molecule has 1 aromatic carbocycles. The van der Waals surface area contributed by atoms with Crippen LogP contribution in [0.3, 0.4) is 0 Å². The third-order valence-corrected chi connectivity index (χ3v) is 4.13. The van der Waals surface area contributed by atoms with E-state index in [0.29, 0.717) is 12.4 Å². The van der Waals surface area contributed by atoms with Gasteiger partial charge in [-0.2, -0.15) is 5.10 Å². The molecule has 0 aliphatic heterocycles. The van der Waals surface area contributed by atoms with Crippen molar-refractivity contribution in [1.29, 1.82) is 0 Å². The first kappa shape index (κ1) is 18.0. The van der Waals surface area contributed by atoms with Crippen molar-refractivity contribution < 1.29 is 9.90 Å². The Kier molecular flexibility index (Phi) is 6.81. The van der Waals surface area contributed by atoms with Gasteiger partial charge in [0.1, 0.15) is 0 Å². The zero-order valence-electron chi connectivity index (χ0n) is 14.3. The lowest BCUT2D eigenvalue weighted by atomic mass is 9.97. The van der Waals surface area contributed by atoms with Crippen LogP contribution in [0, 0.1) is 5.92 Å². The quantitative estimate of drug-likeness (QED) is 0.696. The lowest BCUT2D eigenvalue weighted by Gasteiger charge is -2.20. The van der Waals surface area contributed by atoms with Crippen LogP contribution >= 0.6 is 0 Å². The van der Waals surface area contributed by atoms with Gasteiger partial charge in [0.15, 0.2) is 5.82 Å². The maximum Gasteiger partial charge on any atom is 0.320 e. The van der Waals surface area contributed by atoms with Crippen LogP contribution in [-0.4, -0.2) is 33.6 Å². The maximum atomic E-state index is 11.9. The van der Waals surface area contributed by atoms with Crippen molar-refractivity contribution in [1.82, 2.24) is 15.1 Å². The van der Waals surface area contributed by atoms with E-state index in [1.54, 1.807) is 10.7 Å². The number of nitrogens with zero attached hydrogens (tertiary/aromatic N) is 2. The SMILES string of the molecule is CCC(CC)C(O)CNC(=O)Nc1ccn(Cc2ccccc2)n1. The van der Waals surface area contributed by atoms with Crippen LogP contribution in [0.1, 0.15) is 32.3 Å². The fourth-order valence-electron chi connectivity index (χ4n) is 2.64. The summed E-state index contributed by atoms with van der Waals surface area (Å²) in [6.45, 7) is 4.97. The predicted octanol–water partition coefficient (Wildman–Crippen LogP) is 2.85. The number of anilines is 1. The molecule has 0 fully saturated rings. The summed E-state index contributed by atoms with van der Waals surface area (Å²) in [7, 11) is 0. The van der Waals surface area contributed by atoms with Crippen LogP contribution in [0.2, 0.25) is 0 Å². The van der Waals surface area contributed by atoms with Gasteiger partial charge in [-0.05, 0) is 11.5 Å². The molecule has 130 valence electrons. The Morgan fingerprint density at radius 2 is 1.92 bits per heavy atom. The first-order chi connectivity index (χ1) is 11.6. The van der Waals surface area contributed by atoms with Gasteiger partial charge < -0.3 is 10.4 Å². The van der Waals surface area contributed by atoms with E-state index >= 15 is 0 Å². The average molecular weight is 330 g/mol. The van der Waals surface area contributed by atoms with E-state index in [4.69, 9.17) is 0 Å². The predicted molar refractivity (Wildman–Crippen MR) is 94.9 cm³/mol. The molecule has 0 aliphatic carbocycles. The molecule has 2 rings (SSSR count). The summed E-state index contributed by atoms with van der Waals surface area (Å²) in [5.74, 6) is 0.691. The topological polar surface area (TPSA) is 79.2 Å². The highest BCUT2D eigenvalue weighted by Gasteiger charge is 2.16. The van der Waals surface area contributed by atoms with Gasteiger partial charge in [0.2, 0.25) is 0 Å². The third kappa shape index (κ3) is 5.38. The molecule has 6 nitrogen and oxygen atoms in total. The Hall–Kier alpha value is -2.34. The van der Waals surface area contributed by atoms with Crippen molar-refractivity contribution in [3.8, 4) is 0 Å². The fourth-order valence-corrected chi connectivity index (χ4v) is 2.64. The van der Waals surface area contributed by atoms with Gasteiger partial charge in [0.05, 0.1) is 12.6 Å². The number of aliphatic hydroxyl groups is 1. The molecular weight excluding hydrogens is 304 g/mol. The van der Waals surface area contributed by atoms with E-state index in [1.165, 1.54) is 0 Å². The Morgan fingerprint density at radius 3 is 2.58 bits per heavy atom. The van der Waals surface area contributed by atoms with E-state index in [-0.39, 0.29) is 18.5 Å². The standard InChI is InChI=1S/C18H26N4O2/c1-3-15(4-2)16(23)12-19-18(24)20-17-10-11-22(21-17)13-14-8-6-5-7-9-14/h5-11,15-16,23H,3-4,12-13H2,1-2H3,(H2,19,20,21,24). The molecule has 6 heteroatoms. The molecule has 3 N–H and O–H groups in total. The second kappa shape index (κ2) is 9.08. The number of hydrogen-bond acceptors (Lipinski definition) is 3. The number of carbonyl (C=O) groups excluding carboxylic acids is 1. The lowest BCUT2D eigenvalue weighted by molar-refractivity contribution is 0.104. The summed E-state index contributed by atoms with van der Waals surface area (Å²) in [6.07, 6.45) is 3.08. The number of aliphatic hydroxyl groups excluding tert-OH is 1. The van der Waals surface area contributed by atoms with Gasteiger partial charge >= 0.3 is 6.03 Å².